The highest BCUT2D eigenvalue weighted by molar-refractivity contribution is 5.96. The standard InChI is InChI=1S/C42H60N2O9/c1-12-34-41(7,48)21-25(2)35(45)26(3)22-42(8,49-11)38(53-40-36(46)33(44(9)10)20-27(4)51-40)28(5)37(29(6)39(47)52-34)50-19-15-17-31-24-43-23-30-16-13-14-18-32(30)31/h13-18,21,23-24,26-28,33-34,36,38,40,46,48H,12,19-20,22H2,1-11H3/b17-15+,25-21+,37-29+/t26-,27-,28+,33+,34-,36-,38-,40+,41+,42-/m1/s1. The zero-order valence-electron chi connectivity index (χ0n) is 33.3. The number of hydrogen-bond acceptors (Lipinski definition) is 11. The molecular weight excluding hydrogens is 676 g/mol. The van der Waals surface area contributed by atoms with E-state index in [9.17, 15) is 19.8 Å². The summed E-state index contributed by atoms with van der Waals surface area (Å²) in [5, 5.41) is 25.1. The summed E-state index contributed by atoms with van der Waals surface area (Å²) in [6.07, 6.45) is 5.83. The van der Waals surface area contributed by atoms with E-state index in [2.05, 4.69) is 4.98 Å². The van der Waals surface area contributed by atoms with Crippen LogP contribution in [0.4, 0.5) is 0 Å². The minimum Gasteiger partial charge on any atom is -0.493 e. The summed E-state index contributed by atoms with van der Waals surface area (Å²) in [6.45, 7) is 14.2. The first-order chi connectivity index (χ1) is 24.9. The number of hydrogen-bond donors (Lipinski definition) is 2. The van der Waals surface area contributed by atoms with Crippen LogP contribution in [0.25, 0.3) is 16.8 Å². The molecule has 2 N–H and O–H groups in total. The number of carbonyl (C=O) groups excluding carboxylic acids is 2. The molecule has 0 aliphatic carbocycles. The minimum absolute atomic E-state index is 0.0813. The van der Waals surface area contributed by atoms with E-state index in [1.54, 1.807) is 34.1 Å². The highest BCUT2D eigenvalue weighted by Gasteiger charge is 2.48. The number of nitrogens with zero attached hydrogens (tertiary/aromatic N) is 2. The molecule has 2 aliphatic rings. The summed E-state index contributed by atoms with van der Waals surface area (Å²) >= 11 is 0. The summed E-state index contributed by atoms with van der Waals surface area (Å²) in [5.41, 5.74) is -1.34. The van der Waals surface area contributed by atoms with Crippen LogP contribution in [0, 0.1) is 11.8 Å². The van der Waals surface area contributed by atoms with E-state index in [0.29, 0.717) is 18.4 Å². The summed E-state index contributed by atoms with van der Waals surface area (Å²) in [4.78, 5) is 34.2. The monoisotopic (exact) mass is 736 g/mol. The lowest BCUT2D eigenvalue weighted by molar-refractivity contribution is -0.296. The van der Waals surface area contributed by atoms with Gasteiger partial charge in [0.05, 0.1) is 23.4 Å². The van der Waals surface area contributed by atoms with E-state index in [-0.39, 0.29) is 42.3 Å². The Morgan fingerprint density at radius 1 is 1.09 bits per heavy atom. The van der Waals surface area contributed by atoms with Crippen LogP contribution in [0.15, 0.2) is 65.7 Å². The highest BCUT2D eigenvalue weighted by atomic mass is 16.7. The van der Waals surface area contributed by atoms with Crippen LogP contribution in [0.1, 0.15) is 80.2 Å². The summed E-state index contributed by atoms with van der Waals surface area (Å²) < 4.78 is 31.8. The summed E-state index contributed by atoms with van der Waals surface area (Å²) in [6, 6.07) is 7.72. The molecule has 0 radical (unpaired) electrons. The van der Waals surface area contributed by atoms with Crippen molar-refractivity contribution < 1.29 is 43.5 Å². The van der Waals surface area contributed by atoms with E-state index < -0.39 is 53.6 Å². The Labute approximate surface area is 315 Å². The molecule has 292 valence electrons. The molecule has 0 unspecified atom stereocenters. The number of cyclic esters (lactones) is 1. The molecule has 0 saturated carbocycles. The van der Waals surface area contributed by atoms with Gasteiger partial charge in [-0.1, -0.05) is 51.1 Å². The Hall–Kier alpha value is -3.45. The van der Waals surface area contributed by atoms with Crippen molar-refractivity contribution in [3.05, 3.63) is 71.3 Å². The second kappa shape index (κ2) is 17.8. The molecule has 11 nitrogen and oxygen atoms in total. The molecule has 0 amide bonds. The zero-order valence-corrected chi connectivity index (χ0v) is 33.3. The second-order valence-electron chi connectivity index (χ2n) is 15.4. The van der Waals surface area contributed by atoms with Gasteiger partial charge in [0, 0.05) is 48.3 Å². The lowest BCUT2D eigenvalue weighted by Crippen LogP contribution is -2.58. The third-order valence-electron chi connectivity index (χ3n) is 10.8. The number of benzene rings is 1. The van der Waals surface area contributed by atoms with Gasteiger partial charge in [-0.15, -0.1) is 0 Å². The fraction of sp³-hybridized carbons (Fsp3) is 0.595. The Bertz CT molecular complexity index is 1680. The number of ether oxygens (including phenoxy) is 5. The average molecular weight is 737 g/mol. The molecule has 1 saturated heterocycles. The van der Waals surface area contributed by atoms with Crippen molar-refractivity contribution in [2.24, 2.45) is 11.8 Å². The van der Waals surface area contributed by atoms with Crippen LogP contribution in [-0.2, 0) is 33.3 Å². The molecule has 0 bridgehead atoms. The third-order valence-corrected chi connectivity index (χ3v) is 10.8. The molecule has 1 fully saturated rings. The van der Waals surface area contributed by atoms with Crippen molar-refractivity contribution >= 4 is 28.6 Å². The third kappa shape index (κ3) is 9.81. The number of likely N-dealkylation sites (N-methyl/N-ethyl adjacent to an activating group) is 1. The number of methoxy groups -OCH3 is 1. The normalized spacial score (nSPS) is 36.3. The number of pyridine rings is 1. The SMILES string of the molecule is CC[C@H]1OC(=O)/C(C)=C(/OC/C=C/c2cncc3ccccc23)[C@H](C)[C@@H](O[C@@H]2O[C@H](C)C[C@H](N(C)C)[C@H]2O)[C@](C)(OC)C[C@@H](C)C(=O)/C(C)=C/[C@]1(C)O. The number of allylic oxidation sites excluding steroid dienone is 1. The maximum atomic E-state index is 14.0. The number of aromatic nitrogens is 1. The molecule has 4 rings (SSSR count). The van der Waals surface area contributed by atoms with Gasteiger partial charge in [-0.05, 0) is 91.1 Å². The van der Waals surface area contributed by atoms with Crippen molar-refractivity contribution in [2.45, 2.75) is 123 Å². The van der Waals surface area contributed by atoms with Gasteiger partial charge in [0.25, 0.3) is 0 Å². The maximum Gasteiger partial charge on any atom is 0.337 e. The predicted molar refractivity (Wildman–Crippen MR) is 205 cm³/mol. The van der Waals surface area contributed by atoms with Gasteiger partial charge in [0.1, 0.15) is 30.2 Å². The van der Waals surface area contributed by atoms with Gasteiger partial charge in [-0.25, -0.2) is 4.79 Å². The molecule has 2 aliphatic heterocycles. The molecular formula is C42H60N2O9. The van der Waals surface area contributed by atoms with Gasteiger partial charge in [-0.2, -0.15) is 0 Å². The molecule has 3 heterocycles. The van der Waals surface area contributed by atoms with Crippen LogP contribution in [-0.4, -0.2) is 108 Å². The van der Waals surface area contributed by atoms with Gasteiger partial charge < -0.3 is 38.8 Å². The van der Waals surface area contributed by atoms with Gasteiger partial charge in [-0.3, -0.25) is 9.78 Å². The maximum absolute atomic E-state index is 14.0. The molecule has 53 heavy (non-hydrogen) atoms. The van der Waals surface area contributed by atoms with Crippen molar-refractivity contribution in [2.75, 3.05) is 27.8 Å². The Morgan fingerprint density at radius 3 is 2.45 bits per heavy atom. The zero-order chi connectivity index (χ0) is 39.2. The molecule has 11 heteroatoms. The number of aliphatic hydroxyl groups excluding tert-OH is 1. The molecule has 10 atom stereocenters. The average Bonchev–Trinajstić information content (AvgIpc) is 3.12. The van der Waals surface area contributed by atoms with E-state index in [0.717, 1.165) is 16.3 Å². The number of carbonyl (C=O) groups is 2. The van der Waals surface area contributed by atoms with Crippen LogP contribution in [0.2, 0.25) is 0 Å². The first-order valence-electron chi connectivity index (χ1n) is 18.6. The summed E-state index contributed by atoms with van der Waals surface area (Å²) in [7, 11) is 5.36. The largest absolute Gasteiger partial charge is 0.493 e. The quantitative estimate of drug-likeness (QED) is 0.293. The first-order valence-corrected chi connectivity index (χ1v) is 18.6. The number of esters is 1. The lowest BCUT2D eigenvalue weighted by Gasteiger charge is -2.47. The smallest absolute Gasteiger partial charge is 0.337 e. The van der Waals surface area contributed by atoms with Crippen molar-refractivity contribution in [3.63, 3.8) is 0 Å². The van der Waals surface area contributed by atoms with Gasteiger partial charge in [0.15, 0.2) is 12.1 Å². The van der Waals surface area contributed by atoms with Crippen LogP contribution in [0.3, 0.4) is 0 Å². The Morgan fingerprint density at radius 2 is 1.79 bits per heavy atom. The number of rotatable bonds is 9. The lowest BCUT2D eigenvalue weighted by atomic mass is 9.78. The van der Waals surface area contributed by atoms with Crippen molar-refractivity contribution in [3.8, 4) is 0 Å². The predicted octanol–water partition coefficient (Wildman–Crippen LogP) is 6.02. The summed E-state index contributed by atoms with van der Waals surface area (Å²) in [5.74, 6) is -1.84. The Balaban J connectivity index is 1.83. The number of ketones is 1. The van der Waals surface area contributed by atoms with Crippen molar-refractivity contribution in [1.29, 1.82) is 0 Å². The Kier molecular flexibility index (Phi) is 14.2. The van der Waals surface area contributed by atoms with Crippen molar-refractivity contribution in [1.82, 2.24) is 9.88 Å². The van der Waals surface area contributed by atoms with E-state index >= 15 is 0 Å². The van der Waals surface area contributed by atoms with Crippen LogP contribution in [0.5, 0.6) is 0 Å². The first kappa shape index (κ1) is 42.3. The van der Waals surface area contributed by atoms with Crippen LogP contribution < -0.4 is 0 Å². The second-order valence-corrected chi connectivity index (χ2v) is 15.4. The van der Waals surface area contributed by atoms with E-state index in [1.807, 2.05) is 89.3 Å². The molecule has 2 aromatic rings. The van der Waals surface area contributed by atoms with Gasteiger partial charge >= 0.3 is 5.97 Å². The molecule has 1 aromatic carbocycles. The highest BCUT2D eigenvalue weighted by Crippen LogP contribution is 2.39. The fourth-order valence-electron chi connectivity index (χ4n) is 7.84. The van der Waals surface area contributed by atoms with E-state index in [1.165, 1.54) is 13.0 Å². The molecule has 0 spiro atoms. The number of Topliss-reactive ketones (excluding diaryl/α,β-unsaturated/α-hetero) is 1. The van der Waals surface area contributed by atoms with E-state index in [4.69, 9.17) is 23.7 Å². The number of fused-ring (bicyclic) bond motifs is 1. The fourth-order valence-corrected chi connectivity index (χ4v) is 7.84. The van der Waals surface area contributed by atoms with Gasteiger partial charge in [0.2, 0.25) is 0 Å². The topological polar surface area (TPSA) is 137 Å². The molecule has 1 aromatic heterocycles. The van der Waals surface area contributed by atoms with Crippen LogP contribution >= 0.6 is 0 Å². The minimum atomic E-state index is -1.62. The number of aliphatic hydroxyl groups is 2.